The van der Waals surface area contributed by atoms with E-state index in [1.807, 2.05) is 24.3 Å². The summed E-state index contributed by atoms with van der Waals surface area (Å²) in [7, 11) is 0. The van der Waals surface area contributed by atoms with Gasteiger partial charge in [-0.25, -0.2) is 4.98 Å². The Hall–Kier alpha value is -2.47. The van der Waals surface area contributed by atoms with Crippen molar-refractivity contribution < 1.29 is 9.90 Å². The Morgan fingerprint density at radius 2 is 1.84 bits per heavy atom. The second kappa shape index (κ2) is 7.19. The lowest BCUT2D eigenvalue weighted by atomic mass is 9.86. The average Bonchev–Trinajstić information content (AvgIpc) is 2.55. The summed E-state index contributed by atoms with van der Waals surface area (Å²) >= 11 is 0. The summed E-state index contributed by atoms with van der Waals surface area (Å²) in [5.41, 5.74) is 2.38. The van der Waals surface area contributed by atoms with Crippen molar-refractivity contribution in [1.29, 1.82) is 0 Å². The van der Waals surface area contributed by atoms with Crippen molar-refractivity contribution in [1.82, 2.24) is 15.3 Å². The summed E-state index contributed by atoms with van der Waals surface area (Å²) in [6, 6.07) is 7.63. The molecule has 0 saturated heterocycles. The van der Waals surface area contributed by atoms with E-state index < -0.39 is 17.6 Å². The van der Waals surface area contributed by atoms with Gasteiger partial charge in [-0.15, -0.1) is 0 Å². The summed E-state index contributed by atoms with van der Waals surface area (Å²) in [6.07, 6.45) is -0.858. The van der Waals surface area contributed by atoms with Crippen LogP contribution in [0.3, 0.4) is 0 Å². The Morgan fingerprint density at radius 1 is 1.24 bits per heavy atom. The quantitative estimate of drug-likeness (QED) is 0.793. The first-order valence-electron chi connectivity index (χ1n) is 8.24. The van der Waals surface area contributed by atoms with Crippen LogP contribution in [0.4, 0.5) is 0 Å². The Balaban J connectivity index is 2.04. The van der Waals surface area contributed by atoms with Crippen molar-refractivity contribution in [2.75, 3.05) is 6.54 Å². The molecule has 0 bridgehead atoms. The zero-order chi connectivity index (χ0) is 18.8. The number of rotatable bonds is 4. The summed E-state index contributed by atoms with van der Waals surface area (Å²) < 4.78 is 0. The molecule has 3 N–H and O–H groups in total. The molecule has 0 aliphatic rings. The number of nitrogens with zero attached hydrogens (tertiary/aromatic N) is 1. The topological polar surface area (TPSA) is 95.1 Å². The van der Waals surface area contributed by atoms with Gasteiger partial charge in [-0.05, 0) is 30.4 Å². The lowest BCUT2D eigenvalue weighted by Crippen LogP contribution is -2.34. The highest BCUT2D eigenvalue weighted by molar-refractivity contribution is 5.91. The largest absolute Gasteiger partial charge is 0.387 e. The number of hydrogen-bond acceptors (Lipinski definition) is 4. The maximum absolute atomic E-state index is 12.1. The SMILES string of the molecule is Cc1nc(C(=O)NCC(O)c2ccc(C(C)(C)C)cc2)c(=O)[nH]c1C. The fourth-order valence-corrected chi connectivity index (χ4v) is 2.37. The molecule has 1 atom stereocenters. The second-order valence-electron chi connectivity index (χ2n) is 7.22. The molecule has 0 aliphatic heterocycles. The highest BCUT2D eigenvalue weighted by Crippen LogP contribution is 2.23. The first-order chi connectivity index (χ1) is 11.6. The third-order valence-corrected chi connectivity index (χ3v) is 4.17. The Labute approximate surface area is 147 Å². The molecule has 6 heteroatoms. The second-order valence-corrected chi connectivity index (χ2v) is 7.22. The van der Waals surface area contributed by atoms with Gasteiger partial charge in [-0.2, -0.15) is 0 Å². The van der Waals surface area contributed by atoms with Crippen LogP contribution in [-0.4, -0.2) is 27.5 Å². The molecule has 6 nitrogen and oxygen atoms in total. The maximum atomic E-state index is 12.1. The molecule has 0 aliphatic carbocycles. The van der Waals surface area contributed by atoms with E-state index in [-0.39, 0.29) is 17.7 Å². The molecular formula is C19H25N3O3. The molecule has 0 radical (unpaired) electrons. The minimum Gasteiger partial charge on any atom is -0.387 e. The van der Waals surface area contributed by atoms with E-state index in [4.69, 9.17) is 0 Å². The number of aliphatic hydroxyl groups is 1. The molecule has 0 spiro atoms. The first kappa shape index (κ1) is 18.9. The predicted molar refractivity (Wildman–Crippen MR) is 96.8 cm³/mol. The van der Waals surface area contributed by atoms with Crippen molar-refractivity contribution in [3.63, 3.8) is 0 Å². The van der Waals surface area contributed by atoms with Crippen molar-refractivity contribution in [3.8, 4) is 0 Å². The zero-order valence-electron chi connectivity index (χ0n) is 15.3. The van der Waals surface area contributed by atoms with Crippen molar-refractivity contribution in [2.24, 2.45) is 0 Å². The Bertz CT molecular complexity index is 817. The maximum Gasteiger partial charge on any atom is 0.279 e. The molecule has 1 amide bonds. The molecule has 2 aromatic rings. The molecular weight excluding hydrogens is 318 g/mol. The minimum atomic E-state index is -0.858. The minimum absolute atomic E-state index is 0.00173. The highest BCUT2D eigenvalue weighted by atomic mass is 16.3. The number of aromatic nitrogens is 2. The summed E-state index contributed by atoms with van der Waals surface area (Å²) in [5.74, 6) is -0.602. The predicted octanol–water partition coefficient (Wildman–Crippen LogP) is 2.15. The van der Waals surface area contributed by atoms with Crippen LogP contribution in [0.5, 0.6) is 0 Å². The van der Waals surface area contributed by atoms with Crippen LogP contribution < -0.4 is 10.9 Å². The van der Waals surface area contributed by atoms with E-state index in [9.17, 15) is 14.7 Å². The highest BCUT2D eigenvalue weighted by Gasteiger charge is 2.17. The summed E-state index contributed by atoms with van der Waals surface area (Å²) in [6.45, 7) is 9.79. The number of nitrogens with one attached hydrogen (secondary N) is 2. The lowest BCUT2D eigenvalue weighted by Gasteiger charge is -2.20. The fourth-order valence-electron chi connectivity index (χ4n) is 2.37. The lowest BCUT2D eigenvalue weighted by molar-refractivity contribution is 0.0909. The number of H-pyrrole nitrogens is 1. The van der Waals surface area contributed by atoms with E-state index in [2.05, 4.69) is 36.1 Å². The molecule has 0 saturated carbocycles. The van der Waals surface area contributed by atoms with Crippen LogP contribution in [0.15, 0.2) is 29.1 Å². The van der Waals surface area contributed by atoms with Crippen LogP contribution in [-0.2, 0) is 5.41 Å². The normalized spacial score (nSPS) is 12.7. The van der Waals surface area contributed by atoms with Gasteiger partial charge in [0.15, 0.2) is 5.69 Å². The summed E-state index contributed by atoms with van der Waals surface area (Å²) in [4.78, 5) is 30.6. The Morgan fingerprint density at radius 3 is 2.40 bits per heavy atom. The molecule has 0 fully saturated rings. The van der Waals surface area contributed by atoms with Gasteiger partial charge in [-0.3, -0.25) is 9.59 Å². The van der Waals surface area contributed by atoms with Gasteiger partial charge in [0.2, 0.25) is 0 Å². The molecule has 25 heavy (non-hydrogen) atoms. The van der Waals surface area contributed by atoms with Gasteiger partial charge in [0.25, 0.3) is 11.5 Å². The number of aromatic amines is 1. The van der Waals surface area contributed by atoms with E-state index in [1.54, 1.807) is 13.8 Å². The smallest absolute Gasteiger partial charge is 0.279 e. The average molecular weight is 343 g/mol. The number of aliphatic hydroxyl groups excluding tert-OH is 1. The molecule has 1 aromatic carbocycles. The van der Waals surface area contributed by atoms with Crippen LogP contribution in [0.1, 0.15) is 59.9 Å². The van der Waals surface area contributed by atoms with Crippen LogP contribution in [0.2, 0.25) is 0 Å². The Kier molecular flexibility index (Phi) is 5.42. The van der Waals surface area contributed by atoms with Crippen LogP contribution >= 0.6 is 0 Å². The standard InChI is InChI=1S/C19H25N3O3/c1-11-12(2)22-18(25)16(21-11)17(24)20-10-15(23)13-6-8-14(9-7-13)19(3,4)5/h6-9,15,23H,10H2,1-5H3,(H,20,24)(H,22,25). The number of aryl methyl sites for hydroxylation is 2. The van der Waals surface area contributed by atoms with E-state index in [0.717, 1.165) is 0 Å². The van der Waals surface area contributed by atoms with Crippen LogP contribution in [0, 0.1) is 13.8 Å². The van der Waals surface area contributed by atoms with Gasteiger partial charge in [0.05, 0.1) is 11.8 Å². The van der Waals surface area contributed by atoms with Gasteiger partial charge in [-0.1, -0.05) is 45.0 Å². The molecule has 1 aromatic heterocycles. The third-order valence-electron chi connectivity index (χ3n) is 4.17. The molecule has 1 unspecified atom stereocenters. The van der Waals surface area contributed by atoms with E-state index in [1.165, 1.54) is 5.56 Å². The van der Waals surface area contributed by atoms with Gasteiger partial charge < -0.3 is 15.4 Å². The number of carbonyl (C=O) groups excluding carboxylic acids is 1. The first-order valence-corrected chi connectivity index (χ1v) is 8.24. The van der Waals surface area contributed by atoms with Gasteiger partial charge in [0, 0.05) is 12.2 Å². The van der Waals surface area contributed by atoms with Gasteiger partial charge >= 0.3 is 0 Å². The van der Waals surface area contributed by atoms with E-state index >= 15 is 0 Å². The zero-order valence-corrected chi connectivity index (χ0v) is 15.3. The third kappa shape index (κ3) is 4.54. The number of benzene rings is 1. The molecule has 134 valence electrons. The monoisotopic (exact) mass is 343 g/mol. The number of hydrogen-bond donors (Lipinski definition) is 3. The number of carbonyl (C=O) groups is 1. The van der Waals surface area contributed by atoms with Crippen LogP contribution in [0.25, 0.3) is 0 Å². The van der Waals surface area contributed by atoms with Crippen molar-refractivity contribution in [3.05, 3.63) is 62.8 Å². The summed E-state index contributed by atoms with van der Waals surface area (Å²) in [5, 5.41) is 12.8. The van der Waals surface area contributed by atoms with Crippen molar-refractivity contribution in [2.45, 2.75) is 46.1 Å². The molecule has 1 heterocycles. The van der Waals surface area contributed by atoms with E-state index in [0.29, 0.717) is 17.0 Å². The van der Waals surface area contributed by atoms with Crippen molar-refractivity contribution >= 4 is 5.91 Å². The number of amides is 1. The fraction of sp³-hybridized carbons (Fsp3) is 0.421. The molecule has 2 rings (SSSR count). The van der Waals surface area contributed by atoms with Gasteiger partial charge in [0.1, 0.15) is 0 Å².